The number of nitro groups is 1. The molecule has 5 nitrogen and oxygen atoms in total. The predicted octanol–water partition coefficient (Wildman–Crippen LogP) is 3.99. The molecule has 0 spiro atoms. The highest BCUT2D eigenvalue weighted by Crippen LogP contribution is 2.28. The summed E-state index contributed by atoms with van der Waals surface area (Å²) in [6, 6.07) is 5.62. The van der Waals surface area contributed by atoms with Crippen molar-refractivity contribution >= 4 is 28.8 Å². The zero-order chi connectivity index (χ0) is 15.8. The van der Waals surface area contributed by atoms with Gasteiger partial charge < -0.3 is 10.2 Å². The summed E-state index contributed by atoms with van der Waals surface area (Å²) < 4.78 is 0. The van der Waals surface area contributed by atoms with Gasteiger partial charge in [0, 0.05) is 48.9 Å². The third kappa shape index (κ3) is 5.12. The van der Waals surface area contributed by atoms with E-state index in [-0.39, 0.29) is 10.6 Å². The topological polar surface area (TPSA) is 58.4 Å². The van der Waals surface area contributed by atoms with Crippen LogP contribution in [0.2, 0.25) is 0 Å². The summed E-state index contributed by atoms with van der Waals surface area (Å²) >= 11 is 1.79. The van der Waals surface area contributed by atoms with Gasteiger partial charge in [-0.2, -0.15) is 11.8 Å². The van der Waals surface area contributed by atoms with Crippen LogP contribution in [0.15, 0.2) is 18.2 Å². The van der Waals surface area contributed by atoms with Crippen molar-refractivity contribution in [3.8, 4) is 0 Å². The van der Waals surface area contributed by atoms with Crippen LogP contribution in [0.1, 0.15) is 26.7 Å². The van der Waals surface area contributed by atoms with E-state index in [1.54, 1.807) is 23.9 Å². The van der Waals surface area contributed by atoms with Crippen LogP contribution in [-0.2, 0) is 0 Å². The number of nitrogens with one attached hydrogen (secondary N) is 1. The van der Waals surface area contributed by atoms with Crippen molar-refractivity contribution in [2.75, 3.05) is 35.8 Å². The van der Waals surface area contributed by atoms with Gasteiger partial charge in [0.1, 0.15) is 0 Å². The number of hydrogen-bond acceptors (Lipinski definition) is 5. The van der Waals surface area contributed by atoms with Gasteiger partial charge in [0.2, 0.25) is 0 Å². The number of rotatable bonds is 9. The minimum absolute atomic E-state index is 0.136. The summed E-state index contributed by atoms with van der Waals surface area (Å²) in [6.07, 6.45) is 4.08. The number of hydrogen-bond donors (Lipinski definition) is 1. The number of non-ortho nitro benzene ring substituents is 1. The Labute approximate surface area is 131 Å². The Kier molecular flexibility index (Phi) is 7.36. The molecule has 0 bridgehead atoms. The molecule has 118 valence electrons. The van der Waals surface area contributed by atoms with Crippen LogP contribution in [-0.4, -0.2) is 36.6 Å². The van der Waals surface area contributed by atoms with Gasteiger partial charge in [-0.1, -0.05) is 13.8 Å². The molecule has 1 aromatic rings. The lowest BCUT2D eigenvalue weighted by atomic mass is 10.1. The van der Waals surface area contributed by atoms with E-state index in [0.717, 1.165) is 36.5 Å². The molecule has 0 aliphatic carbocycles. The van der Waals surface area contributed by atoms with Gasteiger partial charge in [-0.15, -0.1) is 0 Å². The monoisotopic (exact) mass is 311 g/mol. The van der Waals surface area contributed by atoms with E-state index in [4.69, 9.17) is 0 Å². The second-order valence-corrected chi connectivity index (χ2v) is 5.96. The van der Waals surface area contributed by atoms with Crippen LogP contribution < -0.4 is 10.2 Å². The summed E-state index contributed by atoms with van der Waals surface area (Å²) in [7, 11) is 2.01. The molecule has 21 heavy (non-hydrogen) atoms. The maximum absolute atomic E-state index is 11.1. The van der Waals surface area contributed by atoms with Gasteiger partial charge in [-0.25, -0.2) is 0 Å². The fraction of sp³-hybridized carbons (Fsp3) is 0.600. The maximum atomic E-state index is 11.1. The van der Waals surface area contributed by atoms with Crippen LogP contribution in [0.4, 0.5) is 17.1 Å². The Morgan fingerprint density at radius 3 is 2.62 bits per heavy atom. The normalized spacial score (nSPS) is 12.0. The van der Waals surface area contributed by atoms with Crippen molar-refractivity contribution in [2.45, 2.75) is 32.7 Å². The lowest BCUT2D eigenvalue weighted by molar-refractivity contribution is -0.384. The molecule has 0 heterocycles. The molecule has 1 aromatic carbocycles. The Hall–Kier alpha value is -1.43. The smallest absolute Gasteiger partial charge is 0.273 e. The van der Waals surface area contributed by atoms with Crippen molar-refractivity contribution in [3.63, 3.8) is 0 Å². The number of nitrogens with zero attached hydrogens (tertiary/aromatic N) is 2. The molecule has 0 saturated carbocycles. The lowest BCUT2D eigenvalue weighted by Crippen LogP contribution is -2.33. The molecule has 6 heteroatoms. The Morgan fingerprint density at radius 2 is 2.10 bits per heavy atom. The Bertz CT molecular complexity index is 468. The highest BCUT2D eigenvalue weighted by atomic mass is 32.2. The van der Waals surface area contributed by atoms with Gasteiger partial charge in [0.15, 0.2) is 0 Å². The number of anilines is 2. The second kappa shape index (κ2) is 8.77. The molecule has 0 saturated heterocycles. The zero-order valence-electron chi connectivity index (χ0n) is 13.3. The molecule has 0 aliphatic heterocycles. The molecule has 1 atom stereocenters. The van der Waals surface area contributed by atoms with Crippen LogP contribution in [0.25, 0.3) is 0 Å². The summed E-state index contributed by atoms with van der Waals surface area (Å²) in [5, 5.41) is 14.4. The van der Waals surface area contributed by atoms with E-state index >= 15 is 0 Å². The first-order valence-electron chi connectivity index (χ1n) is 7.28. The fourth-order valence-corrected chi connectivity index (χ4v) is 3.03. The quantitative estimate of drug-likeness (QED) is 0.552. The van der Waals surface area contributed by atoms with Gasteiger partial charge in [-0.3, -0.25) is 10.1 Å². The van der Waals surface area contributed by atoms with E-state index < -0.39 is 0 Å². The predicted molar refractivity (Wildman–Crippen MR) is 92.7 cm³/mol. The van der Waals surface area contributed by atoms with Crippen LogP contribution >= 0.6 is 11.8 Å². The minimum atomic E-state index is -0.329. The first-order valence-corrected chi connectivity index (χ1v) is 8.67. The first-order chi connectivity index (χ1) is 10.0. The highest BCUT2D eigenvalue weighted by molar-refractivity contribution is 7.98. The van der Waals surface area contributed by atoms with Crippen molar-refractivity contribution in [2.24, 2.45) is 0 Å². The molecule has 1 unspecified atom stereocenters. The lowest BCUT2D eigenvalue weighted by Gasteiger charge is -2.29. The SMILES string of the molecule is CCCNc1cc(N(C)C(CC)CSC)cc([N+](=O)[O-])c1. The summed E-state index contributed by atoms with van der Waals surface area (Å²) in [6.45, 7) is 5.03. The van der Waals surface area contributed by atoms with E-state index in [1.807, 2.05) is 13.1 Å². The Morgan fingerprint density at radius 1 is 1.38 bits per heavy atom. The summed E-state index contributed by atoms with van der Waals surface area (Å²) in [5.74, 6) is 1.01. The summed E-state index contributed by atoms with van der Waals surface area (Å²) in [5.41, 5.74) is 1.84. The van der Waals surface area contributed by atoms with Crippen molar-refractivity contribution < 1.29 is 4.92 Å². The van der Waals surface area contributed by atoms with E-state index in [0.29, 0.717) is 6.04 Å². The fourth-order valence-electron chi connectivity index (χ4n) is 2.18. The van der Waals surface area contributed by atoms with Gasteiger partial charge in [0.05, 0.1) is 4.92 Å². The molecule has 0 radical (unpaired) electrons. The number of benzene rings is 1. The Balaban J connectivity index is 3.08. The van der Waals surface area contributed by atoms with Crippen molar-refractivity contribution in [3.05, 3.63) is 28.3 Å². The molecule has 1 N–H and O–H groups in total. The van der Waals surface area contributed by atoms with Crippen molar-refractivity contribution in [1.29, 1.82) is 0 Å². The van der Waals surface area contributed by atoms with Crippen LogP contribution in [0.3, 0.4) is 0 Å². The van der Waals surface area contributed by atoms with Gasteiger partial charge in [-0.05, 0) is 25.2 Å². The third-order valence-electron chi connectivity index (χ3n) is 3.48. The second-order valence-electron chi connectivity index (χ2n) is 5.05. The van der Waals surface area contributed by atoms with Crippen molar-refractivity contribution in [1.82, 2.24) is 0 Å². The molecular weight excluding hydrogens is 286 g/mol. The number of nitro benzene ring substituents is 1. The molecule has 0 aliphatic rings. The standard InChI is InChI=1S/C15H25N3O2S/c1-5-7-16-12-8-14(10-15(9-12)18(19)20)17(3)13(6-2)11-21-4/h8-10,13,16H,5-7,11H2,1-4H3. The average Bonchev–Trinajstić information content (AvgIpc) is 2.49. The van der Waals surface area contributed by atoms with E-state index in [2.05, 4.69) is 30.3 Å². The minimum Gasteiger partial charge on any atom is -0.385 e. The maximum Gasteiger partial charge on any atom is 0.273 e. The first kappa shape index (κ1) is 17.6. The number of thioether (sulfide) groups is 1. The molecule has 0 amide bonds. The average molecular weight is 311 g/mol. The molecule has 1 rings (SSSR count). The largest absolute Gasteiger partial charge is 0.385 e. The van der Waals surface area contributed by atoms with Crippen LogP contribution in [0.5, 0.6) is 0 Å². The van der Waals surface area contributed by atoms with Crippen LogP contribution in [0, 0.1) is 10.1 Å². The van der Waals surface area contributed by atoms with E-state index in [9.17, 15) is 10.1 Å². The highest BCUT2D eigenvalue weighted by Gasteiger charge is 2.17. The summed E-state index contributed by atoms with van der Waals surface area (Å²) in [4.78, 5) is 12.9. The molecule has 0 fully saturated rings. The van der Waals surface area contributed by atoms with Gasteiger partial charge in [0.25, 0.3) is 5.69 Å². The van der Waals surface area contributed by atoms with Gasteiger partial charge >= 0.3 is 0 Å². The molecular formula is C15H25N3O2S. The van der Waals surface area contributed by atoms with E-state index in [1.165, 1.54) is 0 Å². The third-order valence-corrected chi connectivity index (χ3v) is 4.20. The zero-order valence-corrected chi connectivity index (χ0v) is 14.1. The molecule has 0 aromatic heterocycles.